The first-order chi connectivity index (χ1) is 15.0. The van der Waals surface area contributed by atoms with Crippen LogP contribution < -0.4 is 14.8 Å². The van der Waals surface area contributed by atoms with Gasteiger partial charge in [0.25, 0.3) is 5.91 Å². The lowest BCUT2D eigenvalue weighted by Crippen LogP contribution is -2.30. The summed E-state index contributed by atoms with van der Waals surface area (Å²) in [6.45, 7) is 0.0500. The number of hydrogen-bond acceptors (Lipinski definition) is 6. The Morgan fingerprint density at radius 1 is 1.10 bits per heavy atom. The molecule has 1 heterocycles. The topological polar surface area (TPSA) is 73.9 Å². The van der Waals surface area contributed by atoms with Crippen LogP contribution in [0.1, 0.15) is 10.4 Å². The van der Waals surface area contributed by atoms with Gasteiger partial charge < -0.3 is 19.5 Å². The van der Waals surface area contributed by atoms with Crippen molar-refractivity contribution in [3.8, 4) is 11.5 Å². The second-order valence-corrected chi connectivity index (χ2v) is 7.97. The van der Waals surface area contributed by atoms with E-state index in [0.717, 1.165) is 20.5 Å². The molecule has 162 valence electrons. The number of ether oxygens (including phenoxy) is 3. The number of carbonyl (C=O) groups is 2. The molecule has 0 fully saturated rings. The van der Waals surface area contributed by atoms with E-state index in [1.807, 2.05) is 42.5 Å². The summed E-state index contributed by atoms with van der Waals surface area (Å²) < 4.78 is 16.5. The molecule has 0 aliphatic carbocycles. The summed E-state index contributed by atoms with van der Waals surface area (Å²) in [5, 5.41) is 4.26. The first-order valence-corrected chi connectivity index (χ1v) is 10.7. The van der Waals surface area contributed by atoms with Gasteiger partial charge in [-0.25, -0.2) is 4.79 Å². The Balaban J connectivity index is 1.43. The minimum absolute atomic E-state index is 0.352. The molecule has 3 aromatic rings. The Morgan fingerprint density at radius 2 is 1.87 bits per heavy atom. The van der Waals surface area contributed by atoms with Crippen molar-refractivity contribution in [3.63, 3.8) is 0 Å². The number of methoxy groups -OCH3 is 2. The predicted molar refractivity (Wildman–Crippen MR) is 123 cm³/mol. The Kier molecular flexibility index (Phi) is 7.92. The zero-order valence-electron chi connectivity index (χ0n) is 17.1. The number of amides is 1. The molecule has 0 unspecified atom stereocenters. The molecule has 0 saturated heterocycles. The second kappa shape index (κ2) is 10.8. The highest BCUT2D eigenvalue weighted by Gasteiger charge is 2.09. The smallest absolute Gasteiger partial charge is 0.331 e. The quantitative estimate of drug-likeness (QED) is 0.377. The molecule has 1 N–H and O–H groups in total. The first-order valence-electron chi connectivity index (χ1n) is 9.51. The average Bonchev–Trinajstić information content (AvgIpc) is 3.11. The first kappa shape index (κ1) is 22.7. The number of hydrogen-bond donors (Lipinski definition) is 1. The lowest BCUT2D eigenvalue weighted by Gasteiger charge is -2.10. The van der Waals surface area contributed by atoms with Crippen molar-refractivity contribution in [1.82, 2.24) is 5.32 Å². The molecule has 0 spiro atoms. The van der Waals surface area contributed by atoms with Crippen LogP contribution in [0.25, 0.3) is 16.2 Å². The van der Waals surface area contributed by atoms with E-state index in [1.54, 1.807) is 20.3 Å². The van der Waals surface area contributed by atoms with Crippen LogP contribution in [0.4, 0.5) is 0 Å². The van der Waals surface area contributed by atoms with Crippen LogP contribution in [0.2, 0.25) is 5.02 Å². The van der Waals surface area contributed by atoms with E-state index in [0.29, 0.717) is 29.5 Å². The molecule has 0 saturated carbocycles. The molecular formula is C23H22ClNO5S. The van der Waals surface area contributed by atoms with Crippen LogP contribution in [0.3, 0.4) is 0 Å². The molecule has 0 atom stereocenters. The van der Waals surface area contributed by atoms with E-state index < -0.39 is 5.97 Å². The second-order valence-electron chi connectivity index (χ2n) is 6.51. The van der Waals surface area contributed by atoms with Crippen molar-refractivity contribution in [2.24, 2.45) is 0 Å². The highest BCUT2D eigenvalue weighted by molar-refractivity contribution is 7.20. The molecule has 0 aliphatic heterocycles. The molecule has 6 nitrogen and oxygen atoms in total. The molecule has 31 heavy (non-hydrogen) atoms. The van der Waals surface area contributed by atoms with Gasteiger partial charge in [-0.15, -0.1) is 11.3 Å². The highest BCUT2D eigenvalue weighted by Crippen LogP contribution is 2.35. The number of rotatable bonds is 9. The third-order valence-corrected chi connectivity index (χ3v) is 6.12. The van der Waals surface area contributed by atoms with Crippen molar-refractivity contribution in [2.45, 2.75) is 6.42 Å². The normalized spacial score (nSPS) is 10.9. The van der Waals surface area contributed by atoms with E-state index in [9.17, 15) is 9.59 Å². The standard InChI is InChI=1S/C23H22ClNO5S/c1-28-17-8-7-15(13-18(17)29-2)11-12-25-21(26)14-30-22(27)10-9-20-23(24)16-5-3-4-6-19(16)31-20/h3-10,13H,11-12,14H2,1-2H3,(H,25,26)/b10-9+. The Hall–Kier alpha value is -3.03. The van der Waals surface area contributed by atoms with Crippen LogP contribution in [0.5, 0.6) is 11.5 Å². The monoisotopic (exact) mass is 459 g/mol. The summed E-state index contributed by atoms with van der Waals surface area (Å²) in [6.07, 6.45) is 3.47. The third-order valence-electron chi connectivity index (χ3n) is 4.46. The van der Waals surface area contributed by atoms with Gasteiger partial charge in [0, 0.05) is 27.6 Å². The fourth-order valence-electron chi connectivity index (χ4n) is 2.90. The van der Waals surface area contributed by atoms with Gasteiger partial charge in [0.05, 0.1) is 19.2 Å². The van der Waals surface area contributed by atoms with Crippen LogP contribution in [0, 0.1) is 0 Å². The molecule has 1 aromatic heterocycles. The van der Waals surface area contributed by atoms with Gasteiger partial charge in [-0.1, -0.05) is 35.9 Å². The van der Waals surface area contributed by atoms with Crippen molar-refractivity contribution < 1.29 is 23.8 Å². The summed E-state index contributed by atoms with van der Waals surface area (Å²) in [6, 6.07) is 13.3. The molecule has 0 radical (unpaired) electrons. The van der Waals surface area contributed by atoms with Crippen molar-refractivity contribution in [2.75, 3.05) is 27.4 Å². The summed E-state index contributed by atoms with van der Waals surface area (Å²) in [4.78, 5) is 24.6. The zero-order valence-corrected chi connectivity index (χ0v) is 18.7. The van der Waals surface area contributed by atoms with Crippen molar-refractivity contribution >= 4 is 51.0 Å². The summed E-state index contributed by atoms with van der Waals surface area (Å²) in [5.41, 5.74) is 0.984. The van der Waals surface area contributed by atoms with Gasteiger partial charge in [0.15, 0.2) is 18.1 Å². The number of esters is 1. The fraction of sp³-hybridized carbons (Fsp3) is 0.217. The summed E-state index contributed by atoms with van der Waals surface area (Å²) in [7, 11) is 3.15. The number of halogens is 1. The lowest BCUT2D eigenvalue weighted by atomic mass is 10.1. The number of benzene rings is 2. The van der Waals surface area contributed by atoms with Gasteiger partial charge in [0.1, 0.15) is 0 Å². The van der Waals surface area contributed by atoms with Gasteiger partial charge in [-0.05, 0) is 36.3 Å². The Labute approximate surface area is 189 Å². The average molecular weight is 460 g/mol. The molecule has 2 aromatic carbocycles. The SMILES string of the molecule is COc1ccc(CCNC(=O)COC(=O)/C=C/c2sc3ccccc3c2Cl)cc1OC. The number of thiophene rings is 1. The molecular weight excluding hydrogens is 438 g/mol. The van der Waals surface area contributed by atoms with E-state index >= 15 is 0 Å². The fourth-order valence-corrected chi connectivity index (χ4v) is 4.30. The Bertz CT molecular complexity index is 1110. The van der Waals surface area contributed by atoms with Crippen LogP contribution in [0.15, 0.2) is 48.5 Å². The predicted octanol–water partition coefficient (Wildman–Crippen LogP) is 4.49. The largest absolute Gasteiger partial charge is 0.493 e. The molecule has 3 rings (SSSR count). The lowest BCUT2D eigenvalue weighted by molar-refractivity contribution is -0.143. The maximum atomic E-state index is 11.9. The van der Waals surface area contributed by atoms with Crippen molar-refractivity contribution in [1.29, 1.82) is 0 Å². The maximum absolute atomic E-state index is 11.9. The van der Waals surface area contributed by atoms with E-state index in [4.69, 9.17) is 25.8 Å². The summed E-state index contributed by atoms with van der Waals surface area (Å²) >= 11 is 7.82. The Morgan fingerprint density at radius 3 is 2.61 bits per heavy atom. The van der Waals surface area contributed by atoms with E-state index in [1.165, 1.54) is 17.4 Å². The van der Waals surface area contributed by atoms with Gasteiger partial charge >= 0.3 is 5.97 Å². The van der Waals surface area contributed by atoms with Gasteiger partial charge in [0.2, 0.25) is 0 Å². The molecule has 0 bridgehead atoms. The van der Waals surface area contributed by atoms with Crippen LogP contribution in [-0.2, 0) is 20.7 Å². The zero-order chi connectivity index (χ0) is 22.2. The van der Waals surface area contributed by atoms with Crippen LogP contribution in [-0.4, -0.2) is 39.2 Å². The maximum Gasteiger partial charge on any atom is 0.331 e. The van der Waals surface area contributed by atoms with Gasteiger partial charge in [-0.3, -0.25) is 4.79 Å². The minimum atomic E-state index is -0.608. The molecule has 1 amide bonds. The molecule has 0 aliphatic rings. The van der Waals surface area contributed by atoms with E-state index in [-0.39, 0.29) is 12.5 Å². The third kappa shape index (κ3) is 5.99. The number of carbonyl (C=O) groups excluding carboxylic acids is 2. The number of fused-ring (bicyclic) bond motifs is 1. The number of nitrogens with one attached hydrogen (secondary N) is 1. The van der Waals surface area contributed by atoms with E-state index in [2.05, 4.69) is 5.32 Å². The van der Waals surface area contributed by atoms with Crippen molar-refractivity contribution in [3.05, 3.63) is 64.0 Å². The minimum Gasteiger partial charge on any atom is -0.493 e. The summed E-state index contributed by atoms with van der Waals surface area (Å²) in [5.74, 6) is 0.295. The van der Waals surface area contributed by atoms with Gasteiger partial charge in [-0.2, -0.15) is 0 Å². The molecule has 8 heteroatoms. The van der Waals surface area contributed by atoms with Crippen LogP contribution >= 0.6 is 22.9 Å². The highest BCUT2D eigenvalue weighted by atomic mass is 35.5.